The number of nitro benzene ring substituents is 1. The fraction of sp³-hybridized carbons (Fsp3) is 0.278. The molecule has 0 spiro atoms. The topological polar surface area (TPSA) is 93.5 Å². The molecule has 0 aliphatic carbocycles. The molecule has 8 heteroatoms. The number of nitrogens with one attached hydrogen (secondary N) is 2. The number of hydrogen-bond donors (Lipinski definition) is 2. The minimum Gasteiger partial charge on any atom is -0.494 e. The third-order valence-electron chi connectivity index (χ3n) is 3.90. The molecule has 0 saturated heterocycles. The molecule has 0 unspecified atom stereocenters. The lowest BCUT2D eigenvalue weighted by atomic mass is 10.1. The van der Waals surface area contributed by atoms with Crippen molar-refractivity contribution in [3.63, 3.8) is 0 Å². The van der Waals surface area contributed by atoms with E-state index in [1.807, 2.05) is 25.1 Å². The van der Waals surface area contributed by atoms with E-state index < -0.39 is 11.0 Å². The van der Waals surface area contributed by atoms with Crippen molar-refractivity contribution in [1.29, 1.82) is 0 Å². The Balaban J connectivity index is 2.06. The number of rotatable bonds is 7. The van der Waals surface area contributed by atoms with Gasteiger partial charge in [0.2, 0.25) is 5.91 Å². The summed E-state index contributed by atoms with van der Waals surface area (Å²) in [5.41, 5.74) is 1.22. The van der Waals surface area contributed by atoms with Gasteiger partial charge >= 0.3 is 0 Å². The summed E-state index contributed by atoms with van der Waals surface area (Å²) in [4.78, 5) is 22.8. The van der Waals surface area contributed by atoms with Crippen LogP contribution in [0.1, 0.15) is 25.5 Å². The van der Waals surface area contributed by atoms with Gasteiger partial charge in [-0.3, -0.25) is 20.2 Å². The van der Waals surface area contributed by atoms with Gasteiger partial charge in [0, 0.05) is 17.1 Å². The van der Waals surface area contributed by atoms with E-state index in [4.69, 9.17) is 16.3 Å². The lowest BCUT2D eigenvalue weighted by Crippen LogP contribution is -2.39. The van der Waals surface area contributed by atoms with E-state index in [0.29, 0.717) is 10.7 Å². The molecule has 2 aromatic carbocycles. The molecule has 0 fully saturated rings. The van der Waals surface area contributed by atoms with Crippen molar-refractivity contribution in [2.75, 3.05) is 12.4 Å². The van der Waals surface area contributed by atoms with Crippen LogP contribution in [0.3, 0.4) is 0 Å². The zero-order valence-corrected chi connectivity index (χ0v) is 15.4. The van der Waals surface area contributed by atoms with E-state index in [1.165, 1.54) is 25.3 Å². The molecule has 2 N–H and O–H groups in total. The maximum Gasteiger partial charge on any atom is 0.273 e. The SMILES string of the molecule is COc1cc([N+](=O)[O-])ccc1NC(=O)[C@@H](C)N[C@H](C)c1cccc(Cl)c1. The van der Waals surface area contributed by atoms with Crippen LogP contribution in [0.5, 0.6) is 5.75 Å². The third-order valence-corrected chi connectivity index (χ3v) is 4.13. The van der Waals surface area contributed by atoms with Crippen molar-refractivity contribution in [1.82, 2.24) is 5.32 Å². The summed E-state index contributed by atoms with van der Waals surface area (Å²) in [5, 5.41) is 17.4. The van der Waals surface area contributed by atoms with Gasteiger partial charge in [0.1, 0.15) is 5.75 Å². The molecular weight excluding hydrogens is 358 g/mol. The maximum absolute atomic E-state index is 12.4. The zero-order valence-electron chi connectivity index (χ0n) is 14.7. The number of nitrogens with zero attached hydrogens (tertiary/aromatic N) is 1. The Morgan fingerprint density at radius 1 is 1.23 bits per heavy atom. The predicted molar refractivity (Wildman–Crippen MR) is 101 cm³/mol. The molecule has 0 aliphatic rings. The van der Waals surface area contributed by atoms with Crippen LogP contribution in [-0.2, 0) is 4.79 Å². The first-order chi connectivity index (χ1) is 12.3. The number of methoxy groups -OCH3 is 1. The smallest absolute Gasteiger partial charge is 0.273 e. The number of nitro groups is 1. The second-order valence-electron chi connectivity index (χ2n) is 5.80. The molecule has 2 rings (SSSR count). The zero-order chi connectivity index (χ0) is 19.3. The van der Waals surface area contributed by atoms with Crippen LogP contribution in [0.2, 0.25) is 5.02 Å². The molecule has 7 nitrogen and oxygen atoms in total. The number of anilines is 1. The number of benzene rings is 2. The largest absolute Gasteiger partial charge is 0.494 e. The number of carbonyl (C=O) groups excluding carboxylic acids is 1. The number of hydrogen-bond acceptors (Lipinski definition) is 5. The monoisotopic (exact) mass is 377 g/mol. The van der Waals surface area contributed by atoms with Crippen molar-refractivity contribution in [3.05, 3.63) is 63.2 Å². The number of non-ortho nitro benzene ring substituents is 1. The third kappa shape index (κ3) is 4.93. The highest BCUT2D eigenvalue weighted by atomic mass is 35.5. The summed E-state index contributed by atoms with van der Waals surface area (Å²) >= 11 is 5.99. The van der Waals surface area contributed by atoms with Crippen LogP contribution in [0.4, 0.5) is 11.4 Å². The number of halogens is 1. The molecule has 0 bridgehead atoms. The fourth-order valence-corrected chi connectivity index (χ4v) is 2.66. The highest BCUT2D eigenvalue weighted by Crippen LogP contribution is 2.29. The van der Waals surface area contributed by atoms with E-state index in [1.54, 1.807) is 13.0 Å². The van der Waals surface area contributed by atoms with Gasteiger partial charge in [-0.25, -0.2) is 0 Å². The summed E-state index contributed by atoms with van der Waals surface area (Å²) < 4.78 is 5.13. The van der Waals surface area contributed by atoms with Gasteiger partial charge in [-0.1, -0.05) is 23.7 Å². The van der Waals surface area contributed by atoms with Crippen molar-refractivity contribution in [2.45, 2.75) is 25.9 Å². The summed E-state index contributed by atoms with van der Waals surface area (Å²) in [5.74, 6) is -0.0614. The maximum atomic E-state index is 12.4. The lowest BCUT2D eigenvalue weighted by Gasteiger charge is -2.20. The Morgan fingerprint density at radius 2 is 1.96 bits per heavy atom. The first kappa shape index (κ1) is 19.7. The van der Waals surface area contributed by atoms with Gasteiger partial charge in [0.05, 0.1) is 29.8 Å². The fourth-order valence-electron chi connectivity index (χ4n) is 2.46. The van der Waals surface area contributed by atoms with Crippen LogP contribution in [0.25, 0.3) is 0 Å². The molecule has 0 aliphatic heterocycles. The molecule has 2 aromatic rings. The standard InChI is InChI=1S/C18H20ClN3O4/c1-11(13-5-4-6-14(19)9-13)20-12(2)18(23)21-16-8-7-15(22(24)25)10-17(16)26-3/h4-12,20H,1-3H3,(H,21,23)/t11-,12-/m1/s1. The van der Waals surface area contributed by atoms with E-state index in [0.717, 1.165) is 5.56 Å². The molecule has 0 aromatic heterocycles. The molecular formula is C18H20ClN3O4. The predicted octanol–water partition coefficient (Wildman–Crippen LogP) is 3.93. The Morgan fingerprint density at radius 3 is 2.58 bits per heavy atom. The van der Waals surface area contributed by atoms with Gasteiger partial charge in [-0.2, -0.15) is 0 Å². The minimum atomic E-state index is -0.523. The van der Waals surface area contributed by atoms with Gasteiger partial charge in [0.25, 0.3) is 5.69 Å². The number of amides is 1. The Bertz CT molecular complexity index is 813. The molecule has 0 radical (unpaired) electrons. The highest BCUT2D eigenvalue weighted by Gasteiger charge is 2.19. The average Bonchev–Trinajstić information content (AvgIpc) is 2.61. The van der Waals surface area contributed by atoms with Crippen molar-refractivity contribution in [3.8, 4) is 5.75 Å². The van der Waals surface area contributed by atoms with Crippen molar-refractivity contribution < 1.29 is 14.5 Å². The quantitative estimate of drug-likeness (QED) is 0.563. The molecule has 138 valence electrons. The van der Waals surface area contributed by atoms with Gasteiger partial charge in [-0.05, 0) is 37.6 Å². The second kappa shape index (κ2) is 8.64. The van der Waals surface area contributed by atoms with Crippen LogP contribution >= 0.6 is 11.6 Å². The van der Waals surface area contributed by atoms with Crippen LogP contribution in [0, 0.1) is 10.1 Å². The molecule has 0 saturated carbocycles. The molecule has 1 amide bonds. The summed E-state index contributed by atoms with van der Waals surface area (Å²) in [7, 11) is 1.39. The normalized spacial score (nSPS) is 12.9. The van der Waals surface area contributed by atoms with E-state index >= 15 is 0 Å². The Hall–Kier alpha value is -2.64. The Labute approximate surface area is 156 Å². The van der Waals surface area contributed by atoms with Gasteiger partial charge in [0.15, 0.2) is 0 Å². The second-order valence-corrected chi connectivity index (χ2v) is 6.23. The van der Waals surface area contributed by atoms with Crippen LogP contribution in [-0.4, -0.2) is 24.0 Å². The highest BCUT2D eigenvalue weighted by molar-refractivity contribution is 6.30. The molecule has 0 heterocycles. The van der Waals surface area contributed by atoms with Crippen LogP contribution < -0.4 is 15.4 Å². The molecule has 2 atom stereocenters. The number of ether oxygens (including phenoxy) is 1. The molecule has 26 heavy (non-hydrogen) atoms. The lowest BCUT2D eigenvalue weighted by molar-refractivity contribution is -0.384. The minimum absolute atomic E-state index is 0.0896. The summed E-state index contributed by atoms with van der Waals surface area (Å²) in [6, 6.07) is 10.8. The van der Waals surface area contributed by atoms with Crippen LogP contribution in [0.15, 0.2) is 42.5 Å². The van der Waals surface area contributed by atoms with E-state index in [9.17, 15) is 14.9 Å². The Kier molecular flexibility index (Phi) is 6.54. The van der Waals surface area contributed by atoms with E-state index in [-0.39, 0.29) is 23.4 Å². The first-order valence-corrected chi connectivity index (χ1v) is 8.34. The van der Waals surface area contributed by atoms with Crippen molar-refractivity contribution in [2.24, 2.45) is 0 Å². The van der Waals surface area contributed by atoms with Crippen molar-refractivity contribution >= 4 is 28.9 Å². The summed E-state index contributed by atoms with van der Waals surface area (Å²) in [6.07, 6.45) is 0. The number of carbonyl (C=O) groups is 1. The van der Waals surface area contributed by atoms with Gasteiger partial charge in [-0.15, -0.1) is 0 Å². The van der Waals surface area contributed by atoms with Gasteiger partial charge < -0.3 is 10.1 Å². The average molecular weight is 378 g/mol. The van der Waals surface area contributed by atoms with E-state index in [2.05, 4.69) is 10.6 Å². The summed E-state index contributed by atoms with van der Waals surface area (Å²) in [6.45, 7) is 3.66. The first-order valence-electron chi connectivity index (χ1n) is 7.96.